The van der Waals surface area contributed by atoms with Gasteiger partial charge in [-0.3, -0.25) is 0 Å². The molecular weight excluding hydrogens is 237 g/mol. The number of nitrogens with one attached hydrogen (secondary N) is 1. The summed E-state index contributed by atoms with van der Waals surface area (Å²) in [5.74, 6) is 0. The molecule has 0 amide bonds. The molecule has 0 aromatic carbocycles. The quantitative estimate of drug-likeness (QED) is 0.775. The SMILES string of the molecule is C=C/C(B1OC(C)(C)C(C)(C)O1)=C1/CCN/C1=C/C. The molecule has 0 atom stereocenters. The average Bonchev–Trinajstić information content (AvgIpc) is 2.84. The molecular formula is C15H24BNO2. The van der Waals surface area contributed by atoms with Gasteiger partial charge in [0.15, 0.2) is 0 Å². The lowest BCUT2D eigenvalue weighted by Gasteiger charge is -2.32. The molecule has 2 aliphatic rings. The zero-order valence-corrected chi connectivity index (χ0v) is 12.7. The van der Waals surface area contributed by atoms with E-state index in [0.717, 1.165) is 18.4 Å². The molecule has 0 aromatic rings. The summed E-state index contributed by atoms with van der Waals surface area (Å²) >= 11 is 0. The summed E-state index contributed by atoms with van der Waals surface area (Å²) in [7, 11) is -0.327. The zero-order valence-electron chi connectivity index (χ0n) is 12.7. The Morgan fingerprint density at radius 1 is 1.26 bits per heavy atom. The Bertz CT molecular complexity index is 433. The predicted octanol–water partition coefficient (Wildman–Crippen LogP) is 3.00. The van der Waals surface area contributed by atoms with Gasteiger partial charge in [-0.2, -0.15) is 0 Å². The molecule has 0 unspecified atom stereocenters. The first kappa shape index (κ1) is 14.4. The van der Waals surface area contributed by atoms with Crippen LogP contribution in [0.4, 0.5) is 0 Å². The van der Waals surface area contributed by atoms with E-state index in [4.69, 9.17) is 9.31 Å². The van der Waals surface area contributed by atoms with Gasteiger partial charge >= 0.3 is 7.12 Å². The molecule has 0 spiro atoms. The van der Waals surface area contributed by atoms with Crippen LogP contribution in [0.15, 0.2) is 35.5 Å². The molecule has 2 aliphatic heterocycles. The second-order valence-corrected chi connectivity index (χ2v) is 6.11. The van der Waals surface area contributed by atoms with E-state index in [2.05, 4.69) is 45.7 Å². The van der Waals surface area contributed by atoms with Crippen molar-refractivity contribution in [2.45, 2.75) is 52.2 Å². The molecule has 0 saturated carbocycles. The van der Waals surface area contributed by atoms with E-state index in [1.165, 1.54) is 11.3 Å². The van der Waals surface area contributed by atoms with Gasteiger partial charge in [0, 0.05) is 12.2 Å². The third kappa shape index (κ3) is 2.39. The van der Waals surface area contributed by atoms with E-state index >= 15 is 0 Å². The Labute approximate surface area is 116 Å². The van der Waals surface area contributed by atoms with E-state index in [-0.39, 0.29) is 18.3 Å². The van der Waals surface area contributed by atoms with Crippen molar-refractivity contribution in [2.24, 2.45) is 0 Å². The molecule has 2 rings (SSSR count). The van der Waals surface area contributed by atoms with Crippen LogP contribution in [0, 0.1) is 0 Å². The lowest BCUT2D eigenvalue weighted by Crippen LogP contribution is -2.41. The molecule has 0 aromatic heterocycles. The first-order valence-corrected chi connectivity index (χ1v) is 6.94. The van der Waals surface area contributed by atoms with Crippen LogP contribution in [0.5, 0.6) is 0 Å². The smallest absolute Gasteiger partial charge is 0.399 e. The summed E-state index contributed by atoms with van der Waals surface area (Å²) in [5.41, 5.74) is 2.86. The molecule has 0 aliphatic carbocycles. The highest BCUT2D eigenvalue weighted by Crippen LogP contribution is 2.40. The van der Waals surface area contributed by atoms with Gasteiger partial charge in [0.25, 0.3) is 0 Å². The Hall–Kier alpha value is -0.995. The van der Waals surface area contributed by atoms with Crippen molar-refractivity contribution < 1.29 is 9.31 Å². The molecule has 0 radical (unpaired) electrons. The summed E-state index contributed by atoms with van der Waals surface area (Å²) in [4.78, 5) is 0. The second kappa shape index (κ2) is 4.84. The van der Waals surface area contributed by atoms with E-state index in [1.807, 2.05) is 13.0 Å². The van der Waals surface area contributed by atoms with Crippen LogP contribution in [-0.4, -0.2) is 24.9 Å². The van der Waals surface area contributed by atoms with Crippen molar-refractivity contribution in [3.05, 3.63) is 35.5 Å². The Balaban J connectivity index is 2.36. The molecule has 2 saturated heterocycles. The maximum atomic E-state index is 6.12. The van der Waals surface area contributed by atoms with Crippen LogP contribution >= 0.6 is 0 Å². The van der Waals surface area contributed by atoms with E-state index in [9.17, 15) is 0 Å². The third-order valence-corrected chi connectivity index (χ3v) is 4.38. The van der Waals surface area contributed by atoms with Crippen molar-refractivity contribution in [3.63, 3.8) is 0 Å². The fourth-order valence-electron chi connectivity index (χ4n) is 2.47. The van der Waals surface area contributed by atoms with E-state index in [0.29, 0.717) is 0 Å². The van der Waals surface area contributed by atoms with E-state index < -0.39 is 0 Å². The fraction of sp³-hybridized carbons (Fsp3) is 0.600. The molecule has 0 bridgehead atoms. The summed E-state index contributed by atoms with van der Waals surface area (Å²) in [5, 5.41) is 3.38. The molecule has 104 valence electrons. The summed E-state index contributed by atoms with van der Waals surface area (Å²) in [6, 6.07) is 0. The lowest BCUT2D eigenvalue weighted by atomic mass is 9.74. The van der Waals surface area contributed by atoms with Gasteiger partial charge < -0.3 is 14.6 Å². The maximum absolute atomic E-state index is 6.12. The van der Waals surface area contributed by atoms with Crippen molar-refractivity contribution in [2.75, 3.05) is 6.54 Å². The number of rotatable bonds is 2. The van der Waals surface area contributed by atoms with Gasteiger partial charge in [-0.25, -0.2) is 0 Å². The van der Waals surface area contributed by atoms with Crippen LogP contribution in [-0.2, 0) is 9.31 Å². The summed E-state index contributed by atoms with van der Waals surface area (Å²) in [6.45, 7) is 15.2. The lowest BCUT2D eigenvalue weighted by molar-refractivity contribution is 0.00578. The largest absolute Gasteiger partial charge is 0.495 e. The van der Waals surface area contributed by atoms with Crippen LogP contribution < -0.4 is 5.32 Å². The van der Waals surface area contributed by atoms with Gasteiger partial charge in [0.2, 0.25) is 0 Å². The monoisotopic (exact) mass is 261 g/mol. The minimum absolute atomic E-state index is 0.311. The van der Waals surface area contributed by atoms with Crippen LogP contribution in [0.25, 0.3) is 0 Å². The summed E-state index contributed by atoms with van der Waals surface area (Å²) < 4.78 is 12.2. The van der Waals surface area contributed by atoms with Gasteiger partial charge in [-0.05, 0) is 52.1 Å². The van der Waals surface area contributed by atoms with Crippen LogP contribution in [0.3, 0.4) is 0 Å². The Morgan fingerprint density at radius 2 is 1.84 bits per heavy atom. The zero-order chi connectivity index (χ0) is 14.3. The van der Waals surface area contributed by atoms with E-state index in [1.54, 1.807) is 0 Å². The summed E-state index contributed by atoms with van der Waals surface area (Å²) in [6.07, 6.45) is 4.95. The predicted molar refractivity (Wildman–Crippen MR) is 79.7 cm³/mol. The number of allylic oxidation sites excluding steroid dienone is 4. The molecule has 4 heteroatoms. The van der Waals surface area contributed by atoms with Crippen LogP contribution in [0.2, 0.25) is 0 Å². The third-order valence-electron chi connectivity index (χ3n) is 4.38. The molecule has 2 fully saturated rings. The Morgan fingerprint density at radius 3 is 2.32 bits per heavy atom. The molecule has 1 N–H and O–H groups in total. The highest BCUT2D eigenvalue weighted by molar-refractivity contribution is 6.56. The minimum atomic E-state index is -0.327. The highest BCUT2D eigenvalue weighted by Gasteiger charge is 2.52. The molecule has 3 nitrogen and oxygen atoms in total. The number of hydrogen-bond acceptors (Lipinski definition) is 3. The van der Waals surface area contributed by atoms with Crippen molar-refractivity contribution in [3.8, 4) is 0 Å². The normalized spacial score (nSPS) is 29.5. The van der Waals surface area contributed by atoms with Gasteiger partial charge in [-0.15, -0.1) is 0 Å². The van der Waals surface area contributed by atoms with Crippen molar-refractivity contribution >= 4 is 7.12 Å². The first-order valence-electron chi connectivity index (χ1n) is 6.94. The topological polar surface area (TPSA) is 30.5 Å². The van der Waals surface area contributed by atoms with Crippen molar-refractivity contribution in [1.82, 2.24) is 5.32 Å². The molecule has 19 heavy (non-hydrogen) atoms. The second-order valence-electron chi connectivity index (χ2n) is 6.11. The minimum Gasteiger partial charge on any atom is -0.399 e. The average molecular weight is 261 g/mol. The highest BCUT2D eigenvalue weighted by atomic mass is 16.7. The van der Waals surface area contributed by atoms with Gasteiger partial charge in [-0.1, -0.05) is 18.7 Å². The van der Waals surface area contributed by atoms with Gasteiger partial charge in [0.1, 0.15) is 0 Å². The number of hydrogen-bond donors (Lipinski definition) is 1. The fourth-order valence-corrected chi connectivity index (χ4v) is 2.47. The molecule has 2 heterocycles. The van der Waals surface area contributed by atoms with Gasteiger partial charge in [0.05, 0.1) is 11.2 Å². The first-order chi connectivity index (χ1) is 8.82. The van der Waals surface area contributed by atoms with Crippen molar-refractivity contribution in [1.29, 1.82) is 0 Å². The standard InChI is InChI=1S/C15H24BNO2/c1-7-12(11-9-10-17-13(11)8-2)16-18-14(3,4)15(5,6)19-16/h7-8,17H,1,9-10H2,2-6H3/b12-11+,13-8+. The maximum Gasteiger partial charge on any atom is 0.495 e. The Kier molecular flexibility index (Phi) is 3.67. The van der Waals surface area contributed by atoms with Crippen LogP contribution in [0.1, 0.15) is 41.0 Å².